The molecule has 0 aromatic heterocycles. The van der Waals surface area contributed by atoms with Gasteiger partial charge in [-0.2, -0.15) is 0 Å². The zero-order chi connectivity index (χ0) is 13.7. The Morgan fingerprint density at radius 3 is 2.79 bits per heavy atom. The van der Waals surface area contributed by atoms with Gasteiger partial charge in [-0.1, -0.05) is 49.9 Å². The fraction of sp³-hybridized carbons (Fsp3) is 0.625. The second kappa shape index (κ2) is 6.62. The molecule has 3 heteroatoms. The Labute approximate surface area is 121 Å². The van der Waals surface area contributed by atoms with E-state index in [0.29, 0.717) is 6.54 Å². The highest BCUT2D eigenvalue weighted by Gasteiger charge is 2.31. The molecule has 19 heavy (non-hydrogen) atoms. The Morgan fingerprint density at radius 2 is 2.11 bits per heavy atom. The molecule has 1 aliphatic carbocycles. The smallest absolute Gasteiger partial charge is 0.0637 e. The monoisotopic (exact) mass is 280 g/mol. The van der Waals surface area contributed by atoms with Crippen molar-refractivity contribution >= 4 is 17.3 Å². The van der Waals surface area contributed by atoms with Gasteiger partial charge in [-0.15, -0.1) is 0 Å². The zero-order valence-electron chi connectivity index (χ0n) is 11.8. The SMILES string of the molecule is CCC1CCCC(CN)(Nc2ccccc2Cl)CC1. The van der Waals surface area contributed by atoms with E-state index in [0.717, 1.165) is 29.5 Å². The molecule has 1 saturated carbocycles. The van der Waals surface area contributed by atoms with Crippen molar-refractivity contribution in [2.24, 2.45) is 11.7 Å². The second-order valence-electron chi connectivity index (χ2n) is 5.79. The minimum absolute atomic E-state index is 0.0227. The van der Waals surface area contributed by atoms with Crippen LogP contribution in [0.1, 0.15) is 45.4 Å². The number of anilines is 1. The predicted molar refractivity (Wildman–Crippen MR) is 83.7 cm³/mol. The van der Waals surface area contributed by atoms with Crippen molar-refractivity contribution in [2.45, 2.75) is 51.0 Å². The van der Waals surface area contributed by atoms with E-state index in [1.165, 1.54) is 25.7 Å². The summed E-state index contributed by atoms with van der Waals surface area (Å²) in [4.78, 5) is 0. The third-order valence-electron chi connectivity index (χ3n) is 4.54. The van der Waals surface area contributed by atoms with Crippen LogP contribution in [0.15, 0.2) is 24.3 Å². The Balaban J connectivity index is 2.12. The highest BCUT2D eigenvalue weighted by Crippen LogP contribution is 2.35. The van der Waals surface area contributed by atoms with E-state index >= 15 is 0 Å². The fourth-order valence-electron chi connectivity index (χ4n) is 3.12. The van der Waals surface area contributed by atoms with Crippen LogP contribution in [0.25, 0.3) is 0 Å². The largest absolute Gasteiger partial charge is 0.377 e. The summed E-state index contributed by atoms with van der Waals surface area (Å²) in [6.45, 7) is 2.97. The summed E-state index contributed by atoms with van der Waals surface area (Å²) in [7, 11) is 0. The van der Waals surface area contributed by atoms with Gasteiger partial charge in [-0.05, 0) is 37.3 Å². The van der Waals surface area contributed by atoms with Gasteiger partial charge in [0.25, 0.3) is 0 Å². The van der Waals surface area contributed by atoms with Gasteiger partial charge < -0.3 is 11.1 Å². The van der Waals surface area contributed by atoms with Gasteiger partial charge in [-0.3, -0.25) is 0 Å². The van der Waals surface area contributed by atoms with Gasteiger partial charge in [0.15, 0.2) is 0 Å². The molecule has 1 aliphatic rings. The number of para-hydroxylation sites is 1. The van der Waals surface area contributed by atoms with Gasteiger partial charge in [0.05, 0.1) is 10.7 Å². The van der Waals surface area contributed by atoms with Crippen molar-refractivity contribution in [3.05, 3.63) is 29.3 Å². The number of hydrogen-bond acceptors (Lipinski definition) is 2. The number of rotatable bonds is 4. The van der Waals surface area contributed by atoms with Crippen LogP contribution in [-0.2, 0) is 0 Å². The molecular weight excluding hydrogens is 256 g/mol. The normalized spacial score (nSPS) is 27.8. The molecule has 0 aliphatic heterocycles. The first-order chi connectivity index (χ1) is 9.19. The molecule has 0 amide bonds. The van der Waals surface area contributed by atoms with Crippen molar-refractivity contribution in [1.82, 2.24) is 0 Å². The quantitative estimate of drug-likeness (QED) is 0.800. The summed E-state index contributed by atoms with van der Waals surface area (Å²) in [5.41, 5.74) is 7.13. The standard InChI is InChI=1S/C16H25ClN2/c1-2-13-6-5-10-16(12-18,11-9-13)19-15-8-4-3-7-14(15)17/h3-4,7-8,13,19H,2,5-6,9-12,18H2,1H3. The molecular formula is C16H25ClN2. The van der Waals surface area contributed by atoms with E-state index in [2.05, 4.69) is 12.2 Å². The van der Waals surface area contributed by atoms with Gasteiger partial charge in [0.2, 0.25) is 0 Å². The van der Waals surface area contributed by atoms with Crippen LogP contribution in [0.5, 0.6) is 0 Å². The molecule has 1 aromatic carbocycles. The van der Waals surface area contributed by atoms with Crippen LogP contribution in [-0.4, -0.2) is 12.1 Å². The third kappa shape index (κ3) is 3.64. The summed E-state index contributed by atoms with van der Waals surface area (Å²) in [5, 5.41) is 4.42. The molecule has 1 fully saturated rings. The van der Waals surface area contributed by atoms with E-state index < -0.39 is 0 Å². The summed E-state index contributed by atoms with van der Waals surface area (Å²) >= 11 is 6.26. The average Bonchev–Trinajstić information content (AvgIpc) is 2.64. The molecule has 106 valence electrons. The van der Waals surface area contributed by atoms with E-state index in [4.69, 9.17) is 17.3 Å². The molecule has 2 atom stereocenters. The first-order valence-electron chi connectivity index (χ1n) is 7.42. The molecule has 0 radical (unpaired) electrons. The first-order valence-corrected chi connectivity index (χ1v) is 7.80. The summed E-state index contributed by atoms with van der Waals surface area (Å²) in [5.74, 6) is 0.862. The Morgan fingerprint density at radius 1 is 1.32 bits per heavy atom. The molecule has 0 bridgehead atoms. The number of hydrogen-bond donors (Lipinski definition) is 2. The lowest BCUT2D eigenvalue weighted by Crippen LogP contribution is -2.45. The van der Waals surface area contributed by atoms with Crippen LogP contribution >= 0.6 is 11.6 Å². The predicted octanol–water partition coefficient (Wildman–Crippen LogP) is 4.44. The summed E-state index contributed by atoms with van der Waals surface area (Å²) in [6.07, 6.45) is 7.44. The number of nitrogens with one attached hydrogen (secondary N) is 1. The van der Waals surface area contributed by atoms with Crippen LogP contribution < -0.4 is 11.1 Å². The zero-order valence-corrected chi connectivity index (χ0v) is 12.5. The first kappa shape index (κ1) is 14.7. The highest BCUT2D eigenvalue weighted by molar-refractivity contribution is 6.33. The van der Waals surface area contributed by atoms with E-state index in [9.17, 15) is 0 Å². The van der Waals surface area contributed by atoms with Crippen molar-refractivity contribution in [3.63, 3.8) is 0 Å². The van der Waals surface area contributed by atoms with Crippen LogP contribution in [0.3, 0.4) is 0 Å². The molecule has 0 saturated heterocycles. The van der Waals surface area contributed by atoms with Gasteiger partial charge in [-0.25, -0.2) is 0 Å². The Kier molecular flexibility index (Phi) is 5.12. The average molecular weight is 281 g/mol. The van der Waals surface area contributed by atoms with E-state index in [1.807, 2.05) is 24.3 Å². The van der Waals surface area contributed by atoms with Crippen LogP contribution in [0.4, 0.5) is 5.69 Å². The molecule has 0 spiro atoms. The maximum Gasteiger partial charge on any atom is 0.0637 e. The Hall–Kier alpha value is -0.730. The molecule has 3 N–H and O–H groups in total. The maximum absolute atomic E-state index is 6.26. The van der Waals surface area contributed by atoms with Crippen LogP contribution in [0.2, 0.25) is 5.02 Å². The molecule has 2 nitrogen and oxygen atoms in total. The highest BCUT2D eigenvalue weighted by atomic mass is 35.5. The van der Waals surface area contributed by atoms with Gasteiger partial charge in [0.1, 0.15) is 0 Å². The number of halogens is 1. The van der Waals surface area contributed by atoms with Crippen LogP contribution in [0, 0.1) is 5.92 Å². The van der Waals surface area contributed by atoms with Crippen molar-refractivity contribution in [2.75, 3.05) is 11.9 Å². The lowest BCUT2D eigenvalue weighted by atomic mass is 9.89. The lowest BCUT2D eigenvalue weighted by molar-refractivity contribution is 0.398. The van der Waals surface area contributed by atoms with E-state index in [-0.39, 0.29) is 5.54 Å². The van der Waals surface area contributed by atoms with Crippen molar-refractivity contribution < 1.29 is 0 Å². The number of benzene rings is 1. The second-order valence-corrected chi connectivity index (χ2v) is 6.20. The molecule has 1 aromatic rings. The fourth-order valence-corrected chi connectivity index (χ4v) is 3.30. The minimum Gasteiger partial charge on any atom is -0.377 e. The van der Waals surface area contributed by atoms with Gasteiger partial charge in [0, 0.05) is 12.1 Å². The maximum atomic E-state index is 6.26. The lowest BCUT2D eigenvalue weighted by Gasteiger charge is -2.34. The van der Waals surface area contributed by atoms with Crippen molar-refractivity contribution in [1.29, 1.82) is 0 Å². The minimum atomic E-state index is 0.0227. The molecule has 0 heterocycles. The van der Waals surface area contributed by atoms with Gasteiger partial charge >= 0.3 is 0 Å². The number of nitrogens with two attached hydrogens (primary N) is 1. The van der Waals surface area contributed by atoms with E-state index in [1.54, 1.807) is 0 Å². The van der Waals surface area contributed by atoms with Crippen molar-refractivity contribution in [3.8, 4) is 0 Å². The molecule has 2 rings (SSSR count). The Bertz CT molecular complexity index is 407. The topological polar surface area (TPSA) is 38.0 Å². The summed E-state index contributed by atoms with van der Waals surface area (Å²) < 4.78 is 0. The summed E-state index contributed by atoms with van der Waals surface area (Å²) in [6, 6.07) is 7.95. The third-order valence-corrected chi connectivity index (χ3v) is 4.87. The molecule has 2 unspecified atom stereocenters.